The van der Waals surface area contributed by atoms with E-state index in [0.29, 0.717) is 6.61 Å². The number of oxime groups is 1. The molecule has 0 unspecified atom stereocenters. The Balaban J connectivity index is 2.67. The van der Waals surface area contributed by atoms with Crippen LogP contribution in [0, 0.1) is 12.4 Å². The second kappa shape index (κ2) is 4.77. The van der Waals surface area contributed by atoms with E-state index in [9.17, 15) is 0 Å². The van der Waals surface area contributed by atoms with Crippen molar-refractivity contribution in [3.63, 3.8) is 0 Å². The molecule has 1 heterocycles. The van der Waals surface area contributed by atoms with Gasteiger partial charge in [0.1, 0.15) is 18.0 Å². The maximum Gasteiger partial charge on any atom is 0.153 e. The molecule has 0 amide bonds. The zero-order valence-electron chi connectivity index (χ0n) is 7.70. The first kappa shape index (κ1) is 9.92. The van der Waals surface area contributed by atoms with E-state index < -0.39 is 0 Å². The van der Waals surface area contributed by atoms with E-state index in [4.69, 9.17) is 4.84 Å². The summed E-state index contributed by atoms with van der Waals surface area (Å²) >= 11 is 1.48. The zero-order valence-corrected chi connectivity index (χ0v) is 8.52. The molecule has 13 heavy (non-hydrogen) atoms. The van der Waals surface area contributed by atoms with Crippen LogP contribution in [0.2, 0.25) is 0 Å². The lowest BCUT2D eigenvalue weighted by atomic mass is 10.3. The van der Waals surface area contributed by atoms with Gasteiger partial charge < -0.3 is 4.84 Å². The third kappa shape index (κ3) is 2.66. The molecule has 3 nitrogen and oxygen atoms in total. The van der Waals surface area contributed by atoms with Crippen molar-refractivity contribution in [3.8, 4) is 0 Å². The standard InChI is InChI=1S/C9H11N2OS/c1-4-5-12-11-7(2)9-8(3)13-6-10-9/h4H,1,5H2,2-3H3. The number of thiazole rings is 1. The van der Waals surface area contributed by atoms with Crippen LogP contribution in [0.4, 0.5) is 0 Å². The van der Waals surface area contributed by atoms with E-state index in [2.05, 4.69) is 22.2 Å². The fourth-order valence-corrected chi connectivity index (χ4v) is 1.39. The number of aromatic nitrogens is 1. The molecular weight excluding hydrogens is 184 g/mol. The smallest absolute Gasteiger partial charge is 0.153 e. The SMILES string of the molecule is C=CCON=C(C)c1n[c]sc1C. The maximum absolute atomic E-state index is 4.94. The Morgan fingerprint density at radius 1 is 1.85 bits per heavy atom. The fraction of sp³-hybridized carbons (Fsp3) is 0.333. The summed E-state index contributed by atoms with van der Waals surface area (Å²) in [6.45, 7) is 7.79. The monoisotopic (exact) mass is 195 g/mol. The number of hydrogen-bond donors (Lipinski definition) is 0. The van der Waals surface area contributed by atoms with Crippen LogP contribution in [0.25, 0.3) is 0 Å². The van der Waals surface area contributed by atoms with E-state index in [0.717, 1.165) is 16.3 Å². The maximum atomic E-state index is 4.94. The van der Waals surface area contributed by atoms with E-state index in [1.807, 2.05) is 13.8 Å². The fourth-order valence-electron chi connectivity index (χ4n) is 0.830. The van der Waals surface area contributed by atoms with Crippen LogP contribution < -0.4 is 0 Å². The van der Waals surface area contributed by atoms with Crippen LogP contribution in [0.1, 0.15) is 17.5 Å². The van der Waals surface area contributed by atoms with Gasteiger partial charge >= 0.3 is 0 Å². The highest BCUT2D eigenvalue weighted by molar-refractivity contribution is 7.09. The van der Waals surface area contributed by atoms with Gasteiger partial charge in [-0.1, -0.05) is 17.8 Å². The molecule has 1 aromatic heterocycles. The molecule has 0 atom stereocenters. The van der Waals surface area contributed by atoms with E-state index in [1.165, 1.54) is 11.3 Å². The van der Waals surface area contributed by atoms with E-state index in [1.54, 1.807) is 6.08 Å². The normalized spacial score (nSPS) is 11.4. The van der Waals surface area contributed by atoms with E-state index in [-0.39, 0.29) is 0 Å². The first-order valence-electron chi connectivity index (χ1n) is 3.87. The first-order chi connectivity index (χ1) is 6.25. The van der Waals surface area contributed by atoms with Crippen LogP contribution in [-0.4, -0.2) is 17.3 Å². The van der Waals surface area contributed by atoms with Gasteiger partial charge in [0.05, 0.1) is 0 Å². The van der Waals surface area contributed by atoms with Crippen molar-refractivity contribution in [1.29, 1.82) is 0 Å². The number of aryl methyl sites for hydroxylation is 1. The predicted octanol–water partition coefficient (Wildman–Crippen LogP) is 2.18. The molecule has 4 heteroatoms. The predicted molar refractivity (Wildman–Crippen MR) is 54.0 cm³/mol. The summed E-state index contributed by atoms with van der Waals surface area (Å²) in [4.78, 5) is 10.1. The second-order valence-electron chi connectivity index (χ2n) is 2.47. The van der Waals surface area contributed by atoms with Crippen molar-refractivity contribution in [2.24, 2.45) is 5.16 Å². The van der Waals surface area contributed by atoms with Crippen molar-refractivity contribution in [1.82, 2.24) is 4.98 Å². The third-order valence-corrected chi connectivity index (χ3v) is 2.11. The second-order valence-corrected chi connectivity index (χ2v) is 3.47. The lowest BCUT2D eigenvalue weighted by Gasteiger charge is -1.97. The highest BCUT2D eigenvalue weighted by Crippen LogP contribution is 2.11. The Bertz CT molecular complexity index is 317. The summed E-state index contributed by atoms with van der Waals surface area (Å²) in [5.74, 6) is 0. The molecule has 1 radical (unpaired) electrons. The summed E-state index contributed by atoms with van der Waals surface area (Å²) in [7, 11) is 0. The molecule has 0 spiro atoms. The largest absolute Gasteiger partial charge is 0.391 e. The van der Waals surface area contributed by atoms with Gasteiger partial charge in [0, 0.05) is 4.88 Å². The summed E-state index contributed by atoms with van der Waals surface area (Å²) in [5.41, 5.74) is 4.43. The summed E-state index contributed by atoms with van der Waals surface area (Å²) in [6.07, 6.45) is 1.65. The third-order valence-electron chi connectivity index (χ3n) is 1.43. The van der Waals surface area contributed by atoms with E-state index >= 15 is 0 Å². The van der Waals surface area contributed by atoms with Gasteiger partial charge in [-0.15, -0.1) is 11.3 Å². The Morgan fingerprint density at radius 2 is 2.62 bits per heavy atom. The lowest BCUT2D eigenvalue weighted by Crippen LogP contribution is -1.98. The van der Waals surface area contributed by atoms with Gasteiger partial charge in [-0.2, -0.15) is 0 Å². The average molecular weight is 195 g/mol. The molecule has 0 aromatic carbocycles. The van der Waals surface area contributed by atoms with Crippen LogP contribution in [0.5, 0.6) is 0 Å². The van der Waals surface area contributed by atoms with Gasteiger partial charge in [0.25, 0.3) is 0 Å². The molecule has 1 aromatic rings. The van der Waals surface area contributed by atoms with Gasteiger partial charge in [-0.05, 0) is 13.8 Å². The molecule has 69 valence electrons. The molecular formula is C9H11N2OS. The van der Waals surface area contributed by atoms with Gasteiger partial charge in [0.15, 0.2) is 5.51 Å². The minimum absolute atomic E-state index is 0.421. The molecule has 0 aliphatic rings. The number of rotatable bonds is 4. The van der Waals surface area contributed by atoms with Crippen LogP contribution in [-0.2, 0) is 4.84 Å². The molecule has 0 saturated carbocycles. The zero-order chi connectivity index (χ0) is 9.68. The van der Waals surface area contributed by atoms with Crippen LogP contribution >= 0.6 is 11.3 Å². The van der Waals surface area contributed by atoms with Gasteiger partial charge in [-0.25, -0.2) is 4.98 Å². The van der Waals surface area contributed by atoms with Crippen molar-refractivity contribution >= 4 is 17.0 Å². The minimum atomic E-state index is 0.421. The average Bonchev–Trinajstić information content (AvgIpc) is 2.52. The van der Waals surface area contributed by atoms with Gasteiger partial charge in [0.2, 0.25) is 0 Å². The Hall–Kier alpha value is -1.16. The molecule has 0 aliphatic carbocycles. The Morgan fingerprint density at radius 3 is 3.15 bits per heavy atom. The number of hydrogen-bond acceptors (Lipinski definition) is 4. The van der Waals surface area contributed by atoms with Crippen molar-refractivity contribution in [2.75, 3.05) is 6.61 Å². The highest BCUT2D eigenvalue weighted by atomic mass is 32.1. The number of nitrogens with zero attached hydrogens (tertiary/aromatic N) is 2. The van der Waals surface area contributed by atoms with Crippen molar-refractivity contribution < 1.29 is 4.84 Å². The summed E-state index contributed by atoms with van der Waals surface area (Å²) in [5, 5.41) is 3.89. The van der Waals surface area contributed by atoms with Crippen LogP contribution in [0.15, 0.2) is 17.8 Å². The molecule has 0 fully saturated rings. The topological polar surface area (TPSA) is 34.5 Å². The van der Waals surface area contributed by atoms with Crippen molar-refractivity contribution in [2.45, 2.75) is 13.8 Å². The highest BCUT2D eigenvalue weighted by Gasteiger charge is 2.05. The molecule has 0 saturated heterocycles. The quantitative estimate of drug-likeness (QED) is 0.319. The molecule has 0 aliphatic heterocycles. The minimum Gasteiger partial charge on any atom is -0.391 e. The Labute approximate surface area is 81.8 Å². The molecule has 0 N–H and O–H groups in total. The van der Waals surface area contributed by atoms with Crippen molar-refractivity contribution in [3.05, 3.63) is 28.7 Å². The lowest BCUT2D eigenvalue weighted by molar-refractivity contribution is 0.175. The Kier molecular flexibility index (Phi) is 3.64. The van der Waals surface area contributed by atoms with Gasteiger partial charge in [-0.3, -0.25) is 0 Å². The first-order valence-corrected chi connectivity index (χ1v) is 4.68. The van der Waals surface area contributed by atoms with Crippen LogP contribution in [0.3, 0.4) is 0 Å². The summed E-state index contributed by atoms with van der Waals surface area (Å²) in [6, 6.07) is 0. The molecule has 1 rings (SSSR count). The molecule has 0 bridgehead atoms. The summed E-state index contributed by atoms with van der Waals surface area (Å²) < 4.78 is 0.